The van der Waals surface area contributed by atoms with Gasteiger partial charge in [0.25, 0.3) is 0 Å². The lowest BCUT2D eigenvalue weighted by atomic mass is 10.2. The van der Waals surface area contributed by atoms with Gasteiger partial charge in [-0.15, -0.1) is 11.3 Å². The van der Waals surface area contributed by atoms with E-state index in [2.05, 4.69) is 43.1 Å². The van der Waals surface area contributed by atoms with Crippen molar-refractivity contribution in [1.82, 2.24) is 5.32 Å². The molecule has 0 bridgehead atoms. The number of thiophene rings is 1. The maximum absolute atomic E-state index is 3.76. The van der Waals surface area contributed by atoms with Crippen LogP contribution >= 0.6 is 23.1 Å². The van der Waals surface area contributed by atoms with Crippen LogP contribution in [0.5, 0.6) is 0 Å². The lowest BCUT2D eigenvalue weighted by molar-refractivity contribution is 0.535. The standard InChI is InChI=1S/C14H23NS2/c1-3-11-8-9-12(17-11)10-15-13-6-5-7-14(13)16-4-2/h8-9,13-15H,3-7,10H2,1-2H3. The van der Waals surface area contributed by atoms with Crippen molar-refractivity contribution in [2.75, 3.05) is 5.75 Å². The number of nitrogens with one attached hydrogen (secondary N) is 1. The van der Waals surface area contributed by atoms with Crippen LogP contribution in [0.15, 0.2) is 12.1 Å². The molecule has 0 saturated heterocycles. The van der Waals surface area contributed by atoms with E-state index in [4.69, 9.17) is 0 Å². The van der Waals surface area contributed by atoms with Crippen molar-refractivity contribution in [3.63, 3.8) is 0 Å². The predicted molar refractivity (Wildman–Crippen MR) is 80.1 cm³/mol. The number of hydrogen-bond acceptors (Lipinski definition) is 3. The molecule has 1 aromatic heterocycles. The van der Waals surface area contributed by atoms with Crippen LogP contribution < -0.4 is 5.32 Å². The third-order valence-corrected chi connectivity index (χ3v) is 5.99. The van der Waals surface area contributed by atoms with Gasteiger partial charge in [-0.05, 0) is 37.1 Å². The van der Waals surface area contributed by atoms with Gasteiger partial charge in [-0.25, -0.2) is 0 Å². The molecule has 1 nitrogen and oxygen atoms in total. The molecule has 2 atom stereocenters. The molecule has 3 heteroatoms. The first kappa shape index (κ1) is 13.4. The molecule has 0 spiro atoms. The smallest absolute Gasteiger partial charge is 0.0302 e. The third kappa shape index (κ3) is 3.73. The predicted octanol–water partition coefficient (Wildman–Crippen LogP) is 4.07. The highest BCUT2D eigenvalue weighted by molar-refractivity contribution is 7.99. The average molecular weight is 269 g/mol. The van der Waals surface area contributed by atoms with E-state index >= 15 is 0 Å². The van der Waals surface area contributed by atoms with Crippen LogP contribution in [0.2, 0.25) is 0 Å². The maximum atomic E-state index is 3.76. The second-order valence-electron chi connectivity index (χ2n) is 4.63. The van der Waals surface area contributed by atoms with E-state index in [1.54, 1.807) is 0 Å². The van der Waals surface area contributed by atoms with Gasteiger partial charge in [-0.2, -0.15) is 11.8 Å². The molecule has 1 fully saturated rings. The molecule has 1 aliphatic carbocycles. The molecule has 2 rings (SSSR count). The molecule has 1 heterocycles. The maximum Gasteiger partial charge on any atom is 0.0302 e. The summed E-state index contributed by atoms with van der Waals surface area (Å²) >= 11 is 4.09. The van der Waals surface area contributed by atoms with Crippen molar-refractivity contribution in [3.8, 4) is 0 Å². The number of rotatable bonds is 6. The Morgan fingerprint density at radius 2 is 2.12 bits per heavy atom. The lowest BCUT2D eigenvalue weighted by Gasteiger charge is -2.19. The first-order valence-electron chi connectivity index (χ1n) is 6.76. The number of hydrogen-bond donors (Lipinski definition) is 1. The highest BCUT2D eigenvalue weighted by Crippen LogP contribution is 2.30. The summed E-state index contributed by atoms with van der Waals surface area (Å²) < 4.78 is 0. The van der Waals surface area contributed by atoms with Crippen LogP contribution in [0, 0.1) is 0 Å². The fourth-order valence-corrected chi connectivity index (χ4v) is 4.65. The molecule has 0 aromatic carbocycles. The molecule has 0 aliphatic heterocycles. The summed E-state index contributed by atoms with van der Waals surface area (Å²) in [4.78, 5) is 3.00. The van der Waals surface area contributed by atoms with Gasteiger partial charge in [0.15, 0.2) is 0 Å². The van der Waals surface area contributed by atoms with Gasteiger partial charge in [-0.3, -0.25) is 0 Å². The second-order valence-corrected chi connectivity index (χ2v) is 7.40. The van der Waals surface area contributed by atoms with E-state index in [9.17, 15) is 0 Å². The molecule has 2 unspecified atom stereocenters. The summed E-state index contributed by atoms with van der Waals surface area (Å²) in [5.74, 6) is 1.25. The van der Waals surface area contributed by atoms with Gasteiger partial charge in [0.05, 0.1) is 0 Å². The highest BCUT2D eigenvalue weighted by Gasteiger charge is 2.26. The largest absolute Gasteiger partial charge is 0.308 e. The van der Waals surface area contributed by atoms with Crippen molar-refractivity contribution in [2.45, 2.75) is 57.4 Å². The van der Waals surface area contributed by atoms with Crippen LogP contribution in [0.4, 0.5) is 0 Å². The first-order valence-corrected chi connectivity index (χ1v) is 8.62. The van der Waals surface area contributed by atoms with Crippen LogP contribution in [0.1, 0.15) is 42.9 Å². The number of aryl methyl sites for hydroxylation is 1. The molecule has 1 saturated carbocycles. The molecular weight excluding hydrogens is 246 g/mol. The molecular formula is C14H23NS2. The monoisotopic (exact) mass is 269 g/mol. The van der Waals surface area contributed by atoms with Gasteiger partial charge in [0.2, 0.25) is 0 Å². The Labute approximate surface area is 113 Å². The first-order chi connectivity index (χ1) is 8.33. The van der Waals surface area contributed by atoms with Crippen LogP contribution in [-0.4, -0.2) is 17.0 Å². The van der Waals surface area contributed by atoms with Gasteiger partial charge >= 0.3 is 0 Å². The molecule has 1 N–H and O–H groups in total. The van der Waals surface area contributed by atoms with Crippen molar-refractivity contribution in [2.24, 2.45) is 0 Å². The summed E-state index contributed by atoms with van der Waals surface area (Å²) in [5, 5.41) is 4.61. The topological polar surface area (TPSA) is 12.0 Å². The molecule has 17 heavy (non-hydrogen) atoms. The zero-order valence-electron chi connectivity index (χ0n) is 10.9. The highest BCUT2D eigenvalue weighted by atomic mass is 32.2. The minimum absolute atomic E-state index is 0.743. The minimum Gasteiger partial charge on any atom is -0.308 e. The molecule has 0 amide bonds. The van der Waals surface area contributed by atoms with E-state index in [1.807, 2.05) is 11.3 Å². The number of thioether (sulfide) groups is 1. The van der Waals surface area contributed by atoms with Gasteiger partial charge in [-0.1, -0.05) is 20.3 Å². The SMILES string of the molecule is CCSC1CCCC1NCc1ccc(CC)s1. The van der Waals surface area contributed by atoms with Crippen molar-refractivity contribution in [3.05, 3.63) is 21.9 Å². The van der Waals surface area contributed by atoms with Gasteiger partial charge in [0.1, 0.15) is 0 Å². The van der Waals surface area contributed by atoms with Crippen LogP contribution in [-0.2, 0) is 13.0 Å². The molecule has 1 aliphatic rings. The zero-order valence-corrected chi connectivity index (χ0v) is 12.5. The fraction of sp³-hybridized carbons (Fsp3) is 0.714. The van der Waals surface area contributed by atoms with Crippen molar-refractivity contribution in [1.29, 1.82) is 0 Å². The van der Waals surface area contributed by atoms with Crippen molar-refractivity contribution < 1.29 is 0 Å². The third-order valence-electron chi connectivity index (χ3n) is 3.44. The Hall–Kier alpha value is 0.01000. The Bertz CT molecular complexity index is 335. The Balaban J connectivity index is 1.80. The zero-order chi connectivity index (χ0) is 12.1. The summed E-state index contributed by atoms with van der Waals surface area (Å²) in [6, 6.07) is 5.30. The van der Waals surface area contributed by atoms with E-state index in [0.29, 0.717) is 0 Å². The lowest BCUT2D eigenvalue weighted by Crippen LogP contribution is -2.33. The van der Waals surface area contributed by atoms with E-state index in [0.717, 1.165) is 17.8 Å². The second kappa shape index (κ2) is 6.81. The van der Waals surface area contributed by atoms with Gasteiger partial charge in [0, 0.05) is 27.6 Å². The quantitative estimate of drug-likeness (QED) is 0.835. The summed E-state index contributed by atoms with van der Waals surface area (Å²) in [5.41, 5.74) is 0. The summed E-state index contributed by atoms with van der Waals surface area (Å²) in [6.45, 7) is 5.57. The summed E-state index contributed by atoms with van der Waals surface area (Å²) in [7, 11) is 0. The Morgan fingerprint density at radius 3 is 2.82 bits per heavy atom. The Kier molecular flexibility index (Phi) is 5.39. The van der Waals surface area contributed by atoms with E-state index < -0.39 is 0 Å². The minimum atomic E-state index is 0.743. The van der Waals surface area contributed by atoms with Gasteiger partial charge < -0.3 is 5.32 Å². The van der Waals surface area contributed by atoms with Crippen LogP contribution in [0.25, 0.3) is 0 Å². The van der Waals surface area contributed by atoms with Crippen LogP contribution in [0.3, 0.4) is 0 Å². The summed E-state index contributed by atoms with van der Waals surface area (Å²) in [6.07, 6.45) is 5.34. The average Bonchev–Trinajstić information content (AvgIpc) is 2.95. The van der Waals surface area contributed by atoms with E-state index in [-0.39, 0.29) is 0 Å². The molecule has 0 radical (unpaired) electrons. The molecule has 1 aromatic rings. The molecule has 96 valence electrons. The fourth-order valence-electron chi connectivity index (χ4n) is 2.51. The van der Waals surface area contributed by atoms with E-state index in [1.165, 1.54) is 41.2 Å². The normalized spacial score (nSPS) is 24.4. The Morgan fingerprint density at radius 1 is 1.29 bits per heavy atom. The van der Waals surface area contributed by atoms with Crippen molar-refractivity contribution >= 4 is 23.1 Å².